The fraction of sp³-hybridized carbons (Fsp3) is 0.529. The molecule has 0 aromatic carbocycles. The van der Waals surface area contributed by atoms with Crippen LogP contribution in [0.3, 0.4) is 0 Å². The van der Waals surface area contributed by atoms with E-state index in [1.807, 2.05) is 34.6 Å². The lowest BCUT2D eigenvalue weighted by Crippen LogP contribution is -1.07. The maximum Gasteiger partial charge on any atom is -0.0473 e. The van der Waals surface area contributed by atoms with Crippen molar-refractivity contribution in [1.29, 1.82) is 0 Å². The van der Waals surface area contributed by atoms with Crippen LogP contribution in [0.25, 0.3) is 0 Å². The molecule has 0 bridgehead atoms. The van der Waals surface area contributed by atoms with Gasteiger partial charge in [-0.25, -0.2) is 0 Å². The third-order valence-electron chi connectivity index (χ3n) is 0. The van der Waals surface area contributed by atoms with E-state index in [4.69, 9.17) is 0 Å². The van der Waals surface area contributed by atoms with E-state index in [2.05, 4.69) is 32.9 Å². The van der Waals surface area contributed by atoms with Gasteiger partial charge in [0.2, 0.25) is 0 Å². The van der Waals surface area contributed by atoms with Crippen molar-refractivity contribution in [2.24, 2.45) is 0 Å². The number of rotatable bonds is 0. The fourth-order valence-corrected chi connectivity index (χ4v) is 0. The van der Waals surface area contributed by atoms with E-state index in [0.29, 0.717) is 0 Å². The molecule has 0 fully saturated rings. The molecule has 0 rings (SSSR count). The van der Waals surface area contributed by atoms with E-state index < -0.39 is 0 Å². The number of allylic oxidation sites excluding steroid dienone is 3. The van der Waals surface area contributed by atoms with Gasteiger partial charge >= 0.3 is 0 Å². The topological polar surface area (TPSA) is 0 Å². The second-order valence-electron chi connectivity index (χ2n) is 1.22. The molecule has 17 heavy (non-hydrogen) atoms. The van der Waals surface area contributed by atoms with E-state index in [-0.39, 0.29) is 29.7 Å². The second-order valence-corrected chi connectivity index (χ2v) is 1.22. The van der Waals surface area contributed by atoms with Gasteiger partial charge in [-0.05, 0) is 20.8 Å². The van der Waals surface area contributed by atoms with Crippen LogP contribution in [0.1, 0.15) is 64.3 Å². The summed E-state index contributed by atoms with van der Waals surface area (Å²) in [6.07, 6.45) is 5.25. The maximum absolute atomic E-state index is 3.36. The highest BCUT2D eigenvalue weighted by atomic mass is 13.2. The minimum Gasteiger partial charge on any atom is -0.106 e. The van der Waals surface area contributed by atoms with Crippen molar-refractivity contribution in [2.45, 2.75) is 64.3 Å². The van der Waals surface area contributed by atoms with Crippen molar-refractivity contribution in [1.82, 2.24) is 0 Å². The molecule has 0 radical (unpaired) electrons. The van der Waals surface area contributed by atoms with Crippen molar-refractivity contribution in [3.8, 4) is 0 Å². The summed E-state index contributed by atoms with van der Waals surface area (Å²) in [4.78, 5) is 0. The molecule has 0 aromatic heterocycles. The Labute approximate surface area is 116 Å². The molecule has 0 aliphatic heterocycles. The molecule has 0 heterocycles. The Morgan fingerprint density at radius 3 is 0.529 bits per heavy atom. The van der Waals surface area contributed by atoms with Gasteiger partial charge in [0.05, 0.1) is 0 Å². The number of hydrogen-bond donors (Lipinski definition) is 0. The highest BCUT2D eigenvalue weighted by Gasteiger charge is 1.15. The van der Waals surface area contributed by atoms with E-state index in [1.54, 1.807) is 18.2 Å². The van der Waals surface area contributed by atoms with Crippen molar-refractivity contribution >= 4 is 0 Å². The zero-order valence-electron chi connectivity index (χ0n) is 10.3. The lowest BCUT2D eigenvalue weighted by Gasteiger charge is -1.31. The molecule has 112 valence electrons. The van der Waals surface area contributed by atoms with Crippen LogP contribution in [0.5, 0.6) is 0 Å². The summed E-state index contributed by atoms with van der Waals surface area (Å²) >= 11 is 0. The Kier molecular flexibility index (Phi) is 3290. The van der Waals surface area contributed by atoms with Gasteiger partial charge in [-0.3, -0.25) is 0 Å². The van der Waals surface area contributed by atoms with Crippen molar-refractivity contribution < 1.29 is 0 Å². The lowest BCUT2D eigenvalue weighted by atomic mass is 10.8. The summed E-state index contributed by atoms with van der Waals surface area (Å²) in [6.45, 7) is 25.8. The van der Waals surface area contributed by atoms with Gasteiger partial charge in [0.25, 0.3) is 0 Å². The third-order valence-corrected chi connectivity index (χ3v) is 0. The van der Waals surface area contributed by atoms with Crippen LogP contribution in [-0.4, -0.2) is 0 Å². The molecular weight excluding hydrogens is 204 g/mol. The van der Waals surface area contributed by atoms with Gasteiger partial charge in [0.15, 0.2) is 0 Å². The maximum atomic E-state index is 3.36. The van der Waals surface area contributed by atoms with Crippen LogP contribution in [0, 0.1) is 0 Å². The van der Waals surface area contributed by atoms with Gasteiger partial charge < -0.3 is 0 Å². The van der Waals surface area contributed by atoms with Crippen molar-refractivity contribution in [3.05, 3.63) is 51.1 Å². The molecule has 0 saturated heterocycles. The van der Waals surface area contributed by atoms with E-state index in [0.717, 1.165) is 0 Å². The van der Waals surface area contributed by atoms with E-state index in [1.165, 1.54) is 0 Å². The van der Waals surface area contributed by atoms with Gasteiger partial charge in [-0.2, -0.15) is 0 Å². The van der Waals surface area contributed by atoms with Gasteiger partial charge in [-0.1, -0.05) is 61.8 Å². The fourth-order valence-electron chi connectivity index (χ4n) is 0. The van der Waals surface area contributed by atoms with Crippen LogP contribution in [0.2, 0.25) is 0 Å². The SMILES string of the molecule is C.C.C.C.C=C.C=CC.C=CC.C=CC.CC. The van der Waals surface area contributed by atoms with Crippen LogP contribution >= 0.6 is 0 Å². The quantitative estimate of drug-likeness (QED) is 0.381. The first-order chi connectivity index (χ1) is 6.24. The Hall–Kier alpha value is -1.04. The Balaban J connectivity index is -0.00000000642. The van der Waals surface area contributed by atoms with Crippen LogP contribution < -0.4 is 0 Å². The molecule has 0 N–H and O–H groups in total. The van der Waals surface area contributed by atoms with Crippen LogP contribution in [0.4, 0.5) is 0 Å². The Morgan fingerprint density at radius 2 is 0.529 bits per heavy atom. The molecule has 0 amide bonds. The average Bonchev–Trinajstić information content (AvgIpc) is 2.14. The molecule has 0 aliphatic rings. The molecule has 0 unspecified atom stereocenters. The molecule has 0 nitrogen and oxygen atoms in total. The molecule has 0 heteroatoms. The molecule has 0 saturated carbocycles. The summed E-state index contributed by atoms with van der Waals surface area (Å²) in [5.41, 5.74) is 0. The molecule has 0 spiro atoms. The highest BCUT2D eigenvalue weighted by Crippen LogP contribution is 1.38. The lowest BCUT2D eigenvalue weighted by molar-refractivity contribution is 1.50. The molecular formula is C17H44. The highest BCUT2D eigenvalue weighted by molar-refractivity contribution is 4.52. The third kappa shape index (κ3) is 2320. The Morgan fingerprint density at radius 1 is 0.529 bits per heavy atom. The summed E-state index contributed by atoms with van der Waals surface area (Å²) < 4.78 is 0. The predicted molar refractivity (Wildman–Crippen MR) is 97.1 cm³/mol. The monoisotopic (exact) mass is 248 g/mol. The first-order valence-corrected chi connectivity index (χ1v) is 4.46. The van der Waals surface area contributed by atoms with Gasteiger partial charge in [-0.15, -0.1) is 32.9 Å². The Bertz CT molecular complexity index is 46.2. The first kappa shape index (κ1) is 73.7. The molecule has 0 aliphatic carbocycles. The normalized spacial score (nSPS) is 2.88. The van der Waals surface area contributed by atoms with E-state index >= 15 is 0 Å². The summed E-state index contributed by atoms with van der Waals surface area (Å²) in [5.74, 6) is 0. The van der Waals surface area contributed by atoms with Crippen molar-refractivity contribution in [3.63, 3.8) is 0 Å². The zero-order chi connectivity index (χ0) is 12.1. The number of hydrogen-bond acceptors (Lipinski definition) is 0. The van der Waals surface area contributed by atoms with Crippen LogP contribution in [-0.2, 0) is 0 Å². The van der Waals surface area contributed by atoms with Crippen molar-refractivity contribution in [2.75, 3.05) is 0 Å². The zero-order valence-corrected chi connectivity index (χ0v) is 10.3. The summed E-state index contributed by atoms with van der Waals surface area (Å²) in [7, 11) is 0. The average molecular weight is 249 g/mol. The minimum atomic E-state index is 0. The van der Waals surface area contributed by atoms with Crippen LogP contribution in [0.15, 0.2) is 51.1 Å². The van der Waals surface area contributed by atoms with Gasteiger partial charge in [0.1, 0.15) is 0 Å². The van der Waals surface area contributed by atoms with Gasteiger partial charge in [0, 0.05) is 0 Å². The largest absolute Gasteiger partial charge is 0.106 e. The standard InChI is InChI=1S/3C3H6.C2H6.C2H4.4CH4/c3*1-3-2;2*1-2;;;;/h3*3H,1H2,2H3;1-2H3;1-2H2;4*1H4. The first-order valence-electron chi connectivity index (χ1n) is 4.46. The smallest absolute Gasteiger partial charge is 0.0473 e. The summed E-state index contributed by atoms with van der Waals surface area (Å²) in [6, 6.07) is 0. The summed E-state index contributed by atoms with van der Waals surface area (Å²) in [5, 5.41) is 0. The minimum absolute atomic E-state index is 0. The predicted octanol–water partition coefficient (Wildman–Crippen LogP) is 7.95. The molecule has 0 aromatic rings. The second kappa shape index (κ2) is 759. The molecule has 0 atom stereocenters. The van der Waals surface area contributed by atoms with E-state index in [9.17, 15) is 0 Å².